The third kappa shape index (κ3) is 3.67. The maximum Gasteiger partial charge on any atom is 0.289 e. The lowest BCUT2D eigenvalue weighted by molar-refractivity contribution is -0.128. The second kappa shape index (κ2) is 7.13. The van der Waals surface area contributed by atoms with E-state index in [0.29, 0.717) is 12.2 Å². The van der Waals surface area contributed by atoms with E-state index in [1.807, 2.05) is 0 Å². The van der Waals surface area contributed by atoms with Crippen molar-refractivity contribution in [3.63, 3.8) is 0 Å². The van der Waals surface area contributed by atoms with Crippen molar-refractivity contribution in [1.82, 2.24) is 4.90 Å². The van der Waals surface area contributed by atoms with Gasteiger partial charge >= 0.3 is 0 Å². The molecule has 2 heterocycles. The average molecular weight is 359 g/mol. The Morgan fingerprint density at radius 1 is 1.27 bits per heavy atom. The fourth-order valence-electron chi connectivity index (χ4n) is 2.81. The first-order valence-corrected chi connectivity index (χ1v) is 8.12. The number of furan rings is 1. The molecule has 3 rings (SSSR count). The molecule has 0 bridgehead atoms. The lowest BCUT2D eigenvalue weighted by Crippen LogP contribution is -2.34. The van der Waals surface area contributed by atoms with Crippen LogP contribution in [0.3, 0.4) is 0 Å². The van der Waals surface area contributed by atoms with E-state index in [4.69, 9.17) is 4.42 Å². The quantitative estimate of drug-likeness (QED) is 0.772. The predicted molar refractivity (Wildman–Crippen MR) is 90.2 cm³/mol. The van der Waals surface area contributed by atoms with Crippen LogP contribution in [0.4, 0.5) is 4.39 Å². The van der Waals surface area contributed by atoms with Crippen LogP contribution in [0.5, 0.6) is 0 Å². The molecule has 0 saturated carbocycles. The summed E-state index contributed by atoms with van der Waals surface area (Å²) in [5.74, 6) is -1.70. The van der Waals surface area contributed by atoms with Crippen LogP contribution >= 0.6 is 0 Å². The predicted octanol–water partition coefficient (Wildman–Crippen LogP) is 2.23. The first-order chi connectivity index (χ1) is 12.3. The minimum Gasteiger partial charge on any atom is -0.503 e. The average Bonchev–Trinajstić information content (AvgIpc) is 3.16. The monoisotopic (exact) mass is 359 g/mol. The number of hydrogen-bond acceptors (Lipinski definition) is 5. The summed E-state index contributed by atoms with van der Waals surface area (Å²) in [6.07, 6.45) is -0.391. The second-order valence-electron chi connectivity index (χ2n) is 6.26. The summed E-state index contributed by atoms with van der Waals surface area (Å²) >= 11 is 0. The summed E-state index contributed by atoms with van der Waals surface area (Å²) in [5.41, 5.74) is 0.763. The van der Waals surface area contributed by atoms with Crippen LogP contribution in [0.1, 0.15) is 28.8 Å². The van der Waals surface area contributed by atoms with E-state index < -0.39 is 23.6 Å². The highest BCUT2D eigenvalue weighted by Gasteiger charge is 2.35. The van der Waals surface area contributed by atoms with Crippen LogP contribution in [-0.4, -0.2) is 46.0 Å². The van der Waals surface area contributed by atoms with E-state index in [-0.39, 0.29) is 30.2 Å². The number of rotatable bonds is 6. The highest BCUT2D eigenvalue weighted by Crippen LogP contribution is 2.23. The van der Waals surface area contributed by atoms with Gasteiger partial charge in [-0.25, -0.2) is 4.39 Å². The van der Waals surface area contributed by atoms with Crippen LogP contribution in [0.25, 0.3) is 0 Å². The number of carbonyl (C=O) groups is 2. The number of aliphatic hydroxyl groups excluding tert-OH is 2. The number of Topliss-reactive ketones (excluding diaryl/α,β-unsaturated/α-hetero) is 1. The summed E-state index contributed by atoms with van der Waals surface area (Å²) < 4.78 is 18.5. The van der Waals surface area contributed by atoms with Gasteiger partial charge in [0.05, 0.1) is 18.2 Å². The first-order valence-electron chi connectivity index (χ1n) is 8.12. The van der Waals surface area contributed by atoms with Gasteiger partial charge in [0.2, 0.25) is 5.78 Å². The molecule has 2 aromatic rings. The van der Waals surface area contributed by atoms with Gasteiger partial charge in [-0.15, -0.1) is 0 Å². The number of hydrogen-bond donors (Lipinski definition) is 2. The van der Waals surface area contributed by atoms with Gasteiger partial charge in [-0.3, -0.25) is 9.59 Å². The van der Waals surface area contributed by atoms with Gasteiger partial charge in [-0.2, -0.15) is 0 Å². The molecular weight excluding hydrogens is 341 g/mol. The molecule has 1 aliphatic heterocycles. The Morgan fingerprint density at radius 2 is 1.96 bits per heavy atom. The van der Waals surface area contributed by atoms with E-state index in [1.54, 1.807) is 18.2 Å². The van der Waals surface area contributed by atoms with Crippen molar-refractivity contribution in [3.05, 3.63) is 70.6 Å². The number of β-amino-alcohol motifs (C(OH)–C–C–N with tert-alkyl or cyclic N) is 1. The van der Waals surface area contributed by atoms with Crippen molar-refractivity contribution in [2.75, 3.05) is 13.1 Å². The Hall–Kier alpha value is -2.93. The Bertz CT molecular complexity index is 866. The Morgan fingerprint density at radius 3 is 2.62 bits per heavy atom. The molecule has 0 spiro atoms. The number of amides is 1. The lowest BCUT2D eigenvalue weighted by atomic mass is 10.1. The van der Waals surface area contributed by atoms with Crippen LogP contribution in [-0.2, 0) is 11.2 Å². The van der Waals surface area contributed by atoms with Crippen molar-refractivity contribution in [2.24, 2.45) is 0 Å². The van der Waals surface area contributed by atoms with Gasteiger partial charge < -0.3 is 19.5 Å². The van der Waals surface area contributed by atoms with E-state index in [0.717, 1.165) is 5.56 Å². The highest BCUT2D eigenvalue weighted by molar-refractivity contribution is 6.14. The molecule has 1 aromatic heterocycles. The largest absolute Gasteiger partial charge is 0.503 e. The minimum atomic E-state index is -0.771. The number of halogens is 1. The smallest absolute Gasteiger partial charge is 0.289 e. The number of benzene rings is 1. The van der Waals surface area contributed by atoms with Crippen molar-refractivity contribution < 1.29 is 28.6 Å². The third-order valence-corrected chi connectivity index (χ3v) is 4.06. The van der Waals surface area contributed by atoms with Gasteiger partial charge in [0, 0.05) is 13.0 Å². The number of nitrogens with zero attached hydrogens (tertiary/aromatic N) is 1. The highest BCUT2D eigenvalue weighted by atomic mass is 19.1. The molecular formula is C19H18FNO5. The van der Waals surface area contributed by atoms with Gasteiger partial charge in [-0.1, -0.05) is 12.1 Å². The number of ketones is 1. The lowest BCUT2D eigenvalue weighted by Gasteiger charge is -2.17. The molecule has 0 saturated heterocycles. The molecule has 1 unspecified atom stereocenters. The summed E-state index contributed by atoms with van der Waals surface area (Å²) in [5, 5.41) is 19.3. The first kappa shape index (κ1) is 17.9. The zero-order valence-corrected chi connectivity index (χ0v) is 14.1. The summed E-state index contributed by atoms with van der Waals surface area (Å²) in [7, 11) is 0. The van der Waals surface area contributed by atoms with E-state index >= 15 is 0 Å². The Kier molecular flexibility index (Phi) is 4.90. The summed E-state index contributed by atoms with van der Waals surface area (Å²) in [6, 6.07) is 9.03. The maximum absolute atomic E-state index is 12.9. The molecule has 2 N–H and O–H groups in total. The van der Waals surface area contributed by atoms with Gasteiger partial charge in [0.15, 0.2) is 11.5 Å². The third-order valence-electron chi connectivity index (χ3n) is 4.06. The fraction of sp³-hybridized carbons (Fsp3) is 0.263. The molecule has 136 valence electrons. The number of aliphatic hydroxyl groups is 2. The Labute approximate surface area is 149 Å². The SMILES string of the molecule is CC(O)CN1CC(C(=O)c2ccc(Cc3ccc(F)cc3)o2)=C(O)C1=O. The van der Waals surface area contributed by atoms with Crippen molar-refractivity contribution in [3.8, 4) is 0 Å². The van der Waals surface area contributed by atoms with Crippen LogP contribution in [0.15, 0.2) is 52.1 Å². The normalized spacial score (nSPS) is 15.7. The molecule has 1 amide bonds. The van der Waals surface area contributed by atoms with Crippen LogP contribution in [0, 0.1) is 5.82 Å². The molecule has 1 aliphatic rings. The van der Waals surface area contributed by atoms with E-state index in [9.17, 15) is 24.2 Å². The summed E-state index contributed by atoms with van der Waals surface area (Å²) in [4.78, 5) is 25.7. The van der Waals surface area contributed by atoms with Gasteiger partial charge in [0.25, 0.3) is 5.91 Å². The fourth-order valence-corrected chi connectivity index (χ4v) is 2.81. The molecule has 1 aromatic carbocycles. The van der Waals surface area contributed by atoms with Crippen molar-refractivity contribution in [1.29, 1.82) is 0 Å². The topological polar surface area (TPSA) is 91.0 Å². The summed E-state index contributed by atoms with van der Waals surface area (Å²) in [6.45, 7) is 1.45. The van der Waals surface area contributed by atoms with Crippen molar-refractivity contribution >= 4 is 11.7 Å². The molecule has 6 nitrogen and oxygen atoms in total. The molecule has 7 heteroatoms. The van der Waals surface area contributed by atoms with Gasteiger partial charge in [-0.05, 0) is 36.8 Å². The number of carbonyl (C=O) groups excluding carboxylic acids is 2. The van der Waals surface area contributed by atoms with Crippen LogP contribution < -0.4 is 0 Å². The molecule has 0 fully saturated rings. The van der Waals surface area contributed by atoms with E-state index in [1.165, 1.54) is 30.0 Å². The van der Waals surface area contributed by atoms with Crippen LogP contribution in [0.2, 0.25) is 0 Å². The zero-order chi connectivity index (χ0) is 18.8. The Balaban J connectivity index is 1.73. The minimum absolute atomic E-state index is 0.00959. The van der Waals surface area contributed by atoms with Crippen molar-refractivity contribution in [2.45, 2.75) is 19.4 Å². The zero-order valence-electron chi connectivity index (χ0n) is 14.1. The molecule has 1 atom stereocenters. The molecule has 0 radical (unpaired) electrons. The second-order valence-corrected chi connectivity index (χ2v) is 6.26. The van der Waals surface area contributed by atoms with Gasteiger partial charge in [0.1, 0.15) is 11.6 Å². The maximum atomic E-state index is 12.9. The molecule has 0 aliphatic carbocycles. The molecule has 26 heavy (non-hydrogen) atoms. The van der Waals surface area contributed by atoms with E-state index in [2.05, 4.69) is 0 Å². The standard InChI is InChI=1S/C19H18FNO5/c1-11(22)9-21-10-15(18(24)19(21)25)17(23)16-7-6-14(26-16)8-12-2-4-13(20)5-3-12/h2-7,11,22,24H,8-10H2,1H3.